The SMILES string of the molecule is COc1cccc(N2C(=O)[C@H]3C(C(=O)c4ccc([N+](=O)[O-])cc4)=NN[C@H]3C2=O)c1. The van der Waals surface area contributed by atoms with Gasteiger partial charge >= 0.3 is 0 Å². The van der Waals surface area contributed by atoms with E-state index in [0.29, 0.717) is 11.4 Å². The molecule has 0 saturated carbocycles. The van der Waals surface area contributed by atoms with Crippen LogP contribution in [0.4, 0.5) is 11.4 Å². The van der Waals surface area contributed by atoms with Gasteiger partial charge in [0.2, 0.25) is 11.7 Å². The van der Waals surface area contributed by atoms with Crippen LogP contribution in [-0.4, -0.2) is 41.4 Å². The number of nitro groups is 1. The molecule has 2 aliphatic rings. The zero-order chi connectivity index (χ0) is 20.7. The first kappa shape index (κ1) is 18.3. The van der Waals surface area contributed by atoms with Crippen molar-refractivity contribution in [3.63, 3.8) is 0 Å². The summed E-state index contributed by atoms with van der Waals surface area (Å²) in [6.45, 7) is 0. The summed E-state index contributed by atoms with van der Waals surface area (Å²) >= 11 is 0. The molecule has 0 aliphatic carbocycles. The quantitative estimate of drug-likeness (QED) is 0.350. The third-order valence-corrected chi connectivity index (χ3v) is 4.81. The van der Waals surface area contributed by atoms with E-state index in [1.807, 2.05) is 0 Å². The molecule has 0 aromatic heterocycles. The van der Waals surface area contributed by atoms with Crippen LogP contribution in [0.25, 0.3) is 0 Å². The number of amides is 2. The molecule has 2 aromatic rings. The topological polar surface area (TPSA) is 131 Å². The molecule has 0 radical (unpaired) electrons. The third kappa shape index (κ3) is 2.90. The van der Waals surface area contributed by atoms with Gasteiger partial charge in [0.05, 0.1) is 17.7 Å². The summed E-state index contributed by atoms with van der Waals surface area (Å²) in [5.41, 5.74) is 2.77. The van der Waals surface area contributed by atoms with Crippen molar-refractivity contribution in [2.75, 3.05) is 12.0 Å². The van der Waals surface area contributed by atoms with Crippen LogP contribution >= 0.6 is 0 Å². The molecule has 10 nitrogen and oxygen atoms in total. The number of ether oxygens (including phenoxy) is 1. The Morgan fingerprint density at radius 3 is 2.55 bits per heavy atom. The number of hydrogen-bond acceptors (Lipinski definition) is 8. The molecular weight excluding hydrogens is 380 g/mol. The number of nitrogens with one attached hydrogen (secondary N) is 1. The van der Waals surface area contributed by atoms with Gasteiger partial charge in [-0.25, -0.2) is 4.90 Å². The summed E-state index contributed by atoms with van der Waals surface area (Å²) in [5.74, 6) is -2.27. The number of anilines is 1. The number of carbonyl (C=O) groups excluding carboxylic acids is 3. The molecule has 2 aliphatic heterocycles. The second kappa shape index (κ2) is 6.82. The molecule has 146 valence electrons. The van der Waals surface area contributed by atoms with Gasteiger partial charge in [-0.15, -0.1) is 0 Å². The number of hydrogen-bond donors (Lipinski definition) is 1. The van der Waals surface area contributed by atoms with E-state index >= 15 is 0 Å². The van der Waals surface area contributed by atoms with Crippen LogP contribution < -0.4 is 15.1 Å². The van der Waals surface area contributed by atoms with Crippen LogP contribution in [0.3, 0.4) is 0 Å². The average Bonchev–Trinajstić information content (AvgIpc) is 3.27. The maximum Gasteiger partial charge on any atom is 0.269 e. The monoisotopic (exact) mass is 394 g/mol. The zero-order valence-electron chi connectivity index (χ0n) is 15.1. The van der Waals surface area contributed by atoms with Crippen LogP contribution in [0, 0.1) is 16.0 Å². The van der Waals surface area contributed by atoms with Crippen molar-refractivity contribution in [1.29, 1.82) is 0 Å². The molecule has 1 N–H and O–H groups in total. The molecule has 0 unspecified atom stereocenters. The number of nitrogens with zero attached hydrogens (tertiary/aromatic N) is 3. The predicted octanol–water partition coefficient (Wildman–Crippen LogP) is 1.30. The Morgan fingerprint density at radius 1 is 1.17 bits per heavy atom. The van der Waals surface area contributed by atoms with Crippen molar-refractivity contribution >= 4 is 34.7 Å². The smallest absolute Gasteiger partial charge is 0.269 e. The highest BCUT2D eigenvalue weighted by atomic mass is 16.6. The molecule has 29 heavy (non-hydrogen) atoms. The summed E-state index contributed by atoms with van der Waals surface area (Å²) < 4.78 is 5.13. The van der Waals surface area contributed by atoms with Crippen LogP contribution in [0.1, 0.15) is 10.4 Å². The molecular formula is C19H14N4O6. The van der Waals surface area contributed by atoms with Crippen LogP contribution in [0.15, 0.2) is 53.6 Å². The molecule has 2 aromatic carbocycles. The van der Waals surface area contributed by atoms with Gasteiger partial charge < -0.3 is 4.74 Å². The van der Waals surface area contributed by atoms with Crippen molar-refractivity contribution in [2.45, 2.75) is 6.04 Å². The number of fused-ring (bicyclic) bond motifs is 1. The Labute approximate surface area is 163 Å². The summed E-state index contributed by atoms with van der Waals surface area (Å²) in [6, 6.07) is 10.4. The molecule has 4 rings (SSSR count). The van der Waals surface area contributed by atoms with Crippen LogP contribution in [0.5, 0.6) is 5.75 Å². The van der Waals surface area contributed by atoms with Gasteiger partial charge in [-0.05, 0) is 24.3 Å². The summed E-state index contributed by atoms with van der Waals surface area (Å²) in [4.78, 5) is 49.8. The van der Waals surface area contributed by atoms with Crippen molar-refractivity contribution < 1.29 is 24.0 Å². The standard InChI is InChI=1S/C19H14N4O6/c1-29-13-4-2-3-12(9-13)22-18(25)14-15(20-21-16(14)19(22)26)17(24)10-5-7-11(8-6-10)23(27)28/h2-9,14,16,21H,1H3/t14-,16+/m0/s1. The molecule has 2 atom stereocenters. The summed E-state index contributed by atoms with van der Waals surface area (Å²) in [6.07, 6.45) is 0. The molecule has 10 heteroatoms. The van der Waals surface area contributed by atoms with Crippen LogP contribution in [-0.2, 0) is 9.59 Å². The van der Waals surface area contributed by atoms with Crippen molar-refractivity contribution in [2.24, 2.45) is 11.0 Å². The van der Waals surface area contributed by atoms with Gasteiger partial charge in [-0.3, -0.25) is 29.9 Å². The van der Waals surface area contributed by atoms with Gasteiger partial charge in [0.1, 0.15) is 23.4 Å². The van der Waals surface area contributed by atoms with Crippen molar-refractivity contribution in [3.8, 4) is 5.75 Å². The molecule has 2 heterocycles. The second-order valence-corrected chi connectivity index (χ2v) is 6.43. The Bertz CT molecular complexity index is 1080. The minimum Gasteiger partial charge on any atom is -0.497 e. The van der Waals surface area contributed by atoms with E-state index < -0.39 is 34.5 Å². The number of ketones is 1. The normalized spacial score (nSPS) is 20.2. The van der Waals surface area contributed by atoms with Crippen molar-refractivity contribution in [3.05, 3.63) is 64.2 Å². The number of nitro benzene ring substituents is 1. The molecule has 1 fully saturated rings. The van der Waals surface area contributed by atoms with Crippen molar-refractivity contribution in [1.82, 2.24) is 5.43 Å². The minimum absolute atomic E-state index is 0.104. The van der Waals surface area contributed by atoms with E-state index in [1.54, 1.807) is 24.3 Å². The number of Topliss-reactive ketones (excluding diaryl/α,β-unsaturated/α-hetero) is 1. The highest BCUT2D eigenvalue weighted by Crippen LogP contribution is 2.33. The van der Waals surface area contributed by atoms with E-state index in [9.17, 15) is 24.5 Å². The number of benzene rings is 2. The highest BCUT2D eigenvalue weighted by Gasteiger charge is 2.55. The second-order valence-electron chi connectivity index (χ2n) is 6.43. The van der Waals surface area contributed by atoms with E-state index in [-0.39, 0.29) is 17.0 Å². The Balaban J connectivity index is 1.63. The van der Waals surface area contributed by atoms with E-state index in [0.717, 1.165) is 4.90 Å². The van der Waals surface area contributed by atoms with Gasteiger partial charge in [0.15, 0.2) is 0 Å². The molecule has 1 saturated heterocycles. The first-order valence-electron chi connectivity index (χ1n) is 8.56. The van der Waals surface area contributed by atoms with E-state index in [1.165, 1.54) is 31.4 Å². The summed E-state index contributed by atoms with van der Waals surface area (Å²) in [5, 5.41) is 14.7. The van der Waals surface area contributed by atoms with Crippen LogP contribution in [0.2, 0.25) is 0 Å². The highest BCUT2D eigenvalue weighted by molar-refractivity contribution is 6.52. The molecule has 2 amide bonds. The number of methoxy groups -OCH3 is 1. The van der Waals surface area contributed by atoms with Gasteiger partial charge in [-0.2, -0.15) is 5.10 Å². The lowest BCUT2D eigenvalue weighted by Gasteiger charge is -2.16. The number of hydrazone groups is 1. The Morgan fingerprint density at radius 2 is 1.90 bits per heavy atom. The average molecular weight is 394 g/mol. The maximum absolute atomic E-state index is 13.0. The minimum atomic E-state index is -1.07. The fourth-order valence-corrected chi connectivity index (χ4v) is 3.36. The molecule has 0 bridgehead atoms. The Kier molecular flexibility index (Phi) is 4.30. The maximum atomic E-state index is 13.0. The fraction of sp³-hybridized carbons (Fsp3) is 0.158. The van der Waals surface area contributed by atoms with E-state index in [2.05, 4.69) is 10.5 Å². The van der Waals surface area contributed by atoms with Gasteiger partial charge in [0, 0.05) is 23.8 Å². The zero-order valence-corrected chi connectivity index (χ0v) is 15.1. The fourth-order valence-electron chi connectivity index (χ4n) is 3.36. The summed E-state index contributed by atoms with van der Waals surface area (Å²) in [7, 11) is 1.47. The van der Waals surface area contributed by atoms with Gasteiger partial charge in [-0.1, -0.05) is 6.07 Å². The number of non-ortho nitro benzene ring substituents is 1. The number of imide groups is 1. The lowest BCUT2D eigenvalue weighted by molar-refractivity contribution is -0.384. The number of rotatable bonds is 5. The van der Waals surface area contributed by atoms with Gasteiger partial charge in [0.25, 0.3) is 11.6 Å². The molecule has 0 spiro atoms. The first-order valence-corrected chi connectivity index (χ1v) is 8.56. The lowest BCUT2D eigenvalue weighted by atomic mass is 9.92. The predicted molar refractivity (Wildman–Crippen MR) is 101 cm³/mol. The first-order chi connectivity index (χ1) is 13.9. The largest absolute Gasteiger partial charge is 0.497 e. The van der Waals surface area contributed by atoms with E-state index in [4.69, 9.17) is 4.74 Å². The number of carbonyl (C=O) groups is 3. The third-order valence-electron chi connectivity index (χ3n) is 4.81. The Hall–Kier alpha value is -4.08. The lowest BCUT2D eigenvalue weighted by Crippen LogP contribution is -2.36.